The molecule has 20 heavy (non-hydrogen) atoms. The molecule has 1 amide bonds. The molecule has 0 radical (unpaired) electrons. The van der Waals surface area contributed by atoms with Crippen LogP contribution in [0.25, 0.3) is 0 Å². The number of benzene rings is 2. The molecule has 2 aromatic carbocycles. The molecule has 0 aliphatic heterocycles. The summed E-state index contributed by atoms with van der Waals surface area (Å²) in [6.07, 6.45) is 0. The van der Waals surface area contributed by atoms with E-state index in [9.17, 15) is 14.9 Å². The standard InChI is InChI=1S/C15H14N2O3/c1-11-13(8-5-9-14(11)17(19)20)10-16-15(18)12-6-3-2-4-7-12/h2-9H,10H2,1H3,(H,16,18). The van der Waals surface area contributed by atoms with E-state index in [4.69, 9.17) is 0 Å². The van der Waals surface area contributed by atoms with Crippen LogP contribution in [0.5, 0.6) is 0 Å². The molecule has 0 heterocycles. The lowest BCUT2D eigenvalue weighted by molar-refractivity contribution is -0.385. The third kappa shape index (κ3) is 3.00. The van der Waals surface area contributed by atoms with Gasteiger partial charge in [0.25, 0.3) is 11.6 Å². The maximum absolute atomic E-state index is 11.9. The van der Waals surface area contributed by atoms with E-state index < -0.39 is 4.92 Å². The molecule has 0 saturated carbocycles. The summed E-state index contributed by atoms with van der Waals surface area (Å²) in [4.78, 5) is 22.3. The Kier molecular flexibility index (Phi) is 4.10. The van der Waals surface area contributed by atoms with Gasteiger partial charge in [0.1, 0.15) is 0 Å². The Morgan fingerprint density at radius 2 is 1.85 bits per heavy atom. The van der Waals surface area contributed by atoms with Crippen molar-refractivity contribution in [1.29, 1.82) is 0 Å². The van der Waals surface area contributed by atoms with Crippen LogP contribution >= 0.6 is 0 Å². The summed E-state index contributed by atoms with van der Waals surface area (Å²) in [5, 5.41) is 13.6. The predicted molar refractivity (Wildman–Crippen MR) is 75.4 cm³/mol. The Morgan fingerprint density at radius 1 is 1.15 bits per heavy atom. The number of nitro benzene ring substituents is 1. The Hall–Kier alpha value is -2.69. The molecule has 5 heteroatoms. The molecular weight excluding hydrogens is 256 g/mol. The molecule has 0 aliphatic carbocycles. The molecule has 0 saturated heterocycles. The number of nitrogens with zero attached hydrogens (tertiary/aromatic N) is 1. The van der Waals surface area contributed by atoms with E-state index in [0.717, 1.165) is 5.56 Å². The summed E-state index contributed by atoms with van der Waals surface area (Å²) in [5.74, 6) is -0.198. The van der Waals surface area contributed by atoms with Crippen molar-refractivity contribution in [3.8, 4) is 0 Å². The Balaban J connectivity index is 2.10. The van der Waals surface area contributed by atoms with Crippen molar-refractivity contribution in [3.05, 3.63) is 75.3 Å². The summed E-state index contributed by atoms with van der Waals surface area (Å²) in [7, 11) is 0. The highest BCUT2D eigenvalue weighted by Crippen LogP contribution is 2.20. The molecule has 0 unspecified atom stereocenters. The second kappa shape index (κ2) is 5.97. The van der Waals surface area contributed by atoms with Gasteiger partial charge >= 0.3 is 0 Å². The van der Waals surface area contributed by atoms with Gasteiger partial charge in [0.05, 0.1) is 4.92 Å². The van der Waals surface area contributed by atoms with E-state index >= 15 is 0 Å². The molecule has 1 N–H and O–H groups in total. The van der Waals surface area contributed by atoms with Crippen LogP contribution in [-0.2, 0) is 6.54 Å². The second-order valence-corrected chi connectivity index (χ2v) is 4.37. The smallest absolute Gasteiger partial charge is 0.272 e. The number of hydrogen-bond acceptors (Lipinski definition) is 3. The number of hydrogen-bond donors (Lipinski definition) is 1. The van der Waals surface area contributed by atoms with Crippen LogP contribution in [0, 0.1) is 17.0 Å². The normalized spacial score (nSPS) is 10.1. The van der Waals surface area contributed by atoms with Crippen LogP contribution in [0.1, 0.15) is 21.5 Å². The average Bonchev–Trinajstić information content (AvgIpc) is 2.46. The number of rotatable bonds is 4. The number of carbonyl (C=O) groups is 1. The molecule has 5 nitrogen and oxygen atoms in total. The van der Waals surface area contributed by atoms with Gasteiger partial charge in [0.2, 0.25) is 0 Å². The summed E-state index contributed by atoms with van der Waals surface area (Å²) in [5.41, 5.74) is 1.95. The van der Waals surface area contributed by atoms with Gasteiger partial charge in [0.15, 0.2) is 0 Å². The van der Waals surface area contributed by atoms with Crippen molar-refractivity contribution in [3.63, 3.8) is 0 Å². The van der Waals surface area contributed by atoms with Crippen molar-refractivity contribution >= 4 is 11.6 Å². The zero-order valence-corrected chi connectivity index (χ0v) is 11.0. The third-order valence-electron chi connectivity index (χ3n) is 3.09. The van der Waals surface area contributed by atoms with Gasteiger partial charge < -0.3 is 5.32 Å². The topological polar surface area (TPSA) is 72.2 Å². The first-order valence-electron chi connectivity index (χ1n) is 6.15. The minimum atomic E-state index is -0.419. The average molecular weight is 270 g/mol. The fraction of sp³-hybridized carbons (Fsp3) is 0.133. The number of nitro groups is 1. The molecule has 102 valence electrons. The zero-order chi connectivity index (χ0) is 14.5. The molecule has 0 atom stereocenters. The van der Waals surface area contributed by atoms with Crippen molar-refractivity contribution in [2.75, 3.05) is 0 Å². The van der Waals surface area contributed by atoms with Gasteiger partial charge in [-0.25, -0.2) is 0 Å². The van der Waals surface area contributed by atoms with E-state index in [2.05, 4.69) is 5.32 Å². The first kappa shape index (κ1) is 13.7. The number of amides is 1. The lowest BCUT2D eigenvalue weighted by Gasteiger charge is -2.08. The molecule has 0 bridgehead atoms. The molecule has 0 aliphatic rings. The van der Waals surface area contributed by atoms with Crippen molar-refractivity contribution < 1.29 is 9.72 Å². The first-order chi connectivity index (χ1) is 9.59. The molecular formula is C15H14N2O3. The van der Waals surface area contributed by atoms with Gasteiger partial charge in [-0.3, -0.25) is 14.9 Å². The van der Waals surface area contributed by atoms with Crippen molar-refractivity contribution in [1.82, 2.24) is 5.32 Å². The fourth-order valence-electron chi connectivity index (χ4n) is 1.93. The van der Waals surface area contributed by atoms with Crippen molar-refractivity contribution in [2.24, 2.45) is 0 Å². The largest absolute Gasteiger partial charge is 0.348 e. The zero-order valence-electron chi connectivity index (χ0n) is 11.0. The molecule has 0 fully saturated rings. The molecule has 2 rings (SSSR count). The van der Waals surface area contributed by atoms with Gasteiger partial charge in [-0.15, -0.1) is 0 Å². The van der Waals surface area contributed by atoms with E-state index in [1.807, 2.05) is 6.07 Å². The van der Waals surface area contributed by atoms with Crippen LogP contribution in [0.2, 0.25) is 0 Å². The highest BCUT2D eigenvalue weighted by atomic mass is 16.6. The molecule has 0 aromatic heterocycles. The number of carbonyl (C=O) groups excluding carboxylic acids is 1. The van der Waals surface area contributed by atoms with E-state index in [1.54, 1.807) is 43.3 Å². The summed E-state index contributed by atoms with van der Waals surface area (Å²) < 4.78 is 0. The van der Waals surface area contributed by atoms with Gasteiger partial charge in [-0.1, -0.05) is 30.3 Å². The highest BCUT2D eigenvalue weighted by Gasteiger charge is 2.13. The van der Waals surface area contributed by atoms with Crippen LogP contribution in [0.15, 0.2) is 48.5 Å². The maximum atomic E-state index is 11.9. The van der Waals surface area contributed by atoms with E-state index in [0.29, 0.717) is 11.1 Å². The highest BCUT2D eigenvalue weighted by molar-refractivity contribution is 5.94. The van der Waals surface area contributed by atoms with Gasteiger partial charge in [-0.05, 0) is 24.6 Å². The first-order valence-corrected chi connectivity index (χ1v) is 6.15. The van der Waals surface area contributed by atoms with Crippen molar-refractivity contribution in [2.45, 2.75) is 13.5 Å². The quantitative estimate of drug-likeness (QED) is 0.685. The summed E-state index contributed by atoms with van der Waals surface area (Å²) >= 11 is 0. The molecule has 2 aromatic rings. The summed E-state index contributed by atoms with van der Waals surface area (Å²) in [6.45, 7) is 1.95. The number of nitrogens with one attached hydrogen (secondary N) is 1. The van der Waals surface area contributed by atoms with Crippen LogP contribution in [0.3, 0.4) is 0 Å². The van der Waals surface area contributed by atoms with E-state index in [1.165, 1.54) is 6.07 Å². The SMILES string of the molecule is Cc1c(CNC(=O)c2ccccc2)cccc1[N+](=O)[O-]. The lowest BCUT2D eigenvalue weighted by Crippen LogP contribution is -2.23. The van der Waals surface area contributed by atoms with Crippen LogP contribution < -0.4 is 5.32 Å². The minimum absolute atomic E-state index is 0.0662. The molecule has 0 spiro atoms. The Bertz CT molecular complexity index is 639. The lowest BCUT2D eigenvalue weighted by atomic mass is 10.1. The monoisotopic (exact) mass is 270 g/mol. The minimum Gasteiger partial charge on any atom is -0.348 e. The van der Waals surface area contributed by atoms with Gasteiger partial charge in [0, 0.05) is 23.7 Å². The predicted octanol–water partition coefficient (Wildman–Crippen LogP) is 2.83. The Morgan fingerprint density at radius 3 is 2.50 bits per heavy atom. The second-order valence-electron chi connectivity index (χ2n) is 4.37. The summed E-state index contributed by atoms with van der Waals surface area (Å²) in [6, 6.07) is 13.7. The Labute approximate surface area is 116 Å². The van der Waals surface area contributed by atoms with Gasteiger partial charge in [-0.2, -0.15) is 0 Å². The maximum Gasteiger partial charge on any atom is 0.272 e. The fourth-order valence-corrected chi connectivity index (χ4v) is 1.93. The van der Waals surface area contributed by atoms with E-state index in [-0.39, 0.29) is 18.1 Å². The van der Waals surface area contributed by atoms with Crippen LogP contribution in [-0.4, -0.2) is 10.8 Å². The third-order valence-corrected chi connectivity index (χ3v) is 3.09. The van der Waals surface area contributed by atoms with Crippen LogP contribution in [0.4, 0.5) is 5.69 Å².